The lowest BCUT2D eigenvalue weighted by Crippen LogP contribution is -2.32. The second-order valence-corrected chi connectivity index (χ2v) is 5.52. The van der Waals surface area contributed by atoms with Crippen molar-refractivity contribution in [1.29, 1.82) is 0 Å². The lowest BCUT2D eigenvalue weighted by molar-refractivity contribution is -0.137. The van der Waals surface area contributed by atoms with Crippen LogP contribution in [0.2, 0.25) is 0 Å². The first kappa shape index (κ1) is 14.2. The summed E-state index contributed by atoms with van der Waals surface area (Å²) in [6.45, 7) is 0. The van der Waals surface area contributed by atoms with Gasteiger partial charge in [0.2, 0.25) is 0 Å². The topological polar surface area (TPSA) is 33.4 Å². The summed E-state index contributed by atoms with van der Waals surface area (Å²) in [5.41, 5.74) is -0.662. The monoisotopic (exact) mass is 296 g/mol. The second kappa shape index (κ2) is 4.91. The van der Waals surface area contributed by atoms with E-state index in [1.54, 1.807) is 12.1 Å². The number of furan rings is 1. The van der Waals surface area contributed by atoms with Gasteiger partial charge in [-0.1, -0.05) is 18.2 Å². The molecule has 1 aromatic carbocycles. The van der Waals surface area contributed by atoms with E-state index in [-0.39, 0.29) is 6.42 Å². The van der Waals surface area contributed by atoms with Crippen molar-refractivity contribution in [2.24, 2.45) is 0 Å². The molecule has 0 spiro atoms. The van der Waals surface area contributed by atoms with Gasteiger partial charge in [0.15, 0.2) is 0 Å². The van der Waals surface area contributed by atoms with E-state index in [9.17, 15) is 18.3 Å². The Balaban J connectivity index is 1.91. The molecule has 1 N–H and O–H groups in total. The van der Waals surface area contributed by atoms with Crippen LogP contribution in [0.3, 0.4) is 0 Å². The minimum absolute atomic E-state index is 0.156. The Morgan fingerprint density at radius 2 is 2.05 bits per heavy atom. The maximum absolute atomic E-state index is 12.8. The highest BCUT2D eigenvalue weighted by atomic mass is 19.4. The standard InChI is InChI=1S/C16H15F3O2/c17-16(18,19)12-4-1-3-11(9-12)10-15(20)7-2-5-14-13(15)6-8-21-14/h1,3-4,6,8-9,20H,2,5,7,10H2. The molecule has 112 valence electrons. The van der Waals surface area contributed by atoms with Crippen LogP contribution >= 0.6 is 0 Å². The highest BCUT2D eigenvalue weighted by Crippen LogP contribution is 2.39. The summed E-state index contributed by atoms with van der Waals surface area (Å²) in [7, 11) is 0. The highest BCUT2D eigenvalue weighted by molar-refractivity contribution is 5.33. The molecule has 0 radical (unpaired) electrons. The zero-order chi connectivity index (χ0) is 15.1. The van der Waals surface area contributed by atoms with Gasteiger partial charge < -0.3 is 9.52 Å². The molecule has 0 amide bonds. The smallest absolute Gasteiger partial charge is 0.416 e. The molecule has 0 bridgehead atoms. The fraction of sp³-hybridized carbons (Fsp3) is 0.375. The zero-order valence-electron chi connectivity index (χ0n) is 11.3. The molecular formula is C16H15F3O2. The molecule has 0 fully saturated rings. The number of benzene rings is 1. The predicted molar refractivity (Wildman–Crippen MR) is 70.7 cm³/mol. The molecule has 3 rings (SSSR count). The maximum Gasteiger partial charge on any atom is 0.416 e. The fourth-order valence-corrected chi connectivity index (χ4v) is 3.00. The quantitative estimate of drug-likeness (QED) is 0.906. The molecule has 1 aliphatic carbocycles. The van der Waals surface area contributed by atoms with Gasteiger partial charge >= 0.3 is 6.18 Å². The fourth-order valence-electron chi connectivity index (χ4n) is 3.00. The minimum Gasteiger partial charge on any atom is -0.469 e. The van der Waals surface area contributed by atoms with Gasteiger partial charge in [-0.25, -0.2) is 0 Å². The third-order valence-electron chi connectivity index (χ3n) is 3.99. The summed E-state index contributed by atoms with van der Waals surface area (Å²) in [4.78, 5) is 0. The van der Waals surface area contributed by atoms with Crippen LogP contribution in [0.5, 0.6) is 0 Å². The third kappa shape index (κ3) is 2.70. The van der Waals surface area contributed by atoms with E-state index in [1.807, 2.05) is 0 Å². The number of fused-ring (bicyclic) bond motifs is 1. The van der Waals surface area contributed by atoms with E-state index < -0.39 is 17.3 Å². The van der Waals surface area contributed by atoms with Crippen molar-refractivity contribution < 1.29 is 22.7 Å². The van der Waals surface area contributed by atoms with Gasteiger partial charge in [-0.15, -0.1) is 0 Å². The zero-order valence-corrected chi connectivity index (χ0v) is 11.3. The Morgan fingerprint density at radius 1 is 1.24 bits per heavy atom. The Hall–Kier alpha value is -1.75. The van der Waals surface area contributed by atoms with Gasteiger partial charge in [-0.05, 0) is 30.5 Å². The Bertz CT molecular complexity index is 645. The van der Waals surface area contributed by atoms with E-state index in [0.29, 0.717) is 17.5 Å². The average Bonchev–Trinajstić information content (AvgIpc) is 2.88. The predicted octanol–water partition coefficient (Wildman–Crippen LogP) is 4.07. The van der Waals surface area contributed by atoms with E-state index in [0.717, 1.165) is 30.7 Å². The number of hydrogen-bond acceptors (Lipinski definition) is 2. The number of hydrogen-bond donors (Lipinski definition) is 1. The molecule has 1 aromatic heterocycles. The maximum atomic E-state index is 12.8. The number of aliphatic hydroxyl groups is 1. The first-order valence-electron chi connectivity index (χ1n) is 6.84. The third-order valence-corrected chi connectivity index (χ3v) is 3.99. The van der Waals surface area contributed by atoms with E-state index in [4.69, 9.17) is 4.42 Å². The number of alkyl halides is 3. The van der Waals surface area contributed by atoms with Crippen molar-refractivity contribution in [2.45, 2.75) is 37.5 Å². The Kier molecular flexibility index (Phi) is 3.32. The van der Waals surface area contributed by atoms with E-state index in [2.05, 4.69) is 0 Å². The number of halogens is 3. The molecule has 1 heterocycles. The summed E-state index contributed by atoms with van der Waals surface area (Å²) in [5, 5.41) is 10.8. The average molecular weight is 296 g/mol. The molecular weight excluding hydrogens is 281 g/mol. The summed E-state index contributed by atoms with van der Waals surface area (Å²) in [6.07, 6.45) is -0.651. The molecule has 2 nitrogen and oxygen atoms in total. The van der Waals surface area contributed by atoms with Crippen molar-refractivity contribution in [2.75, 3.05) is 0 Å². The molecule has 0 saturated heterocycles. The second-order valence-electron chi connectivity index (χ2n) is 5.52. The van der Waals surface area contributed by atoms with E-state index in [1.165, 1.54) is 12.3 Å². The lowest BCUT2D eigenvalue weighted by Gasteiger charge is -2.32. The first-order chi connectivity index (χ1) is 9.88. The lowest BCUT2D eigenvalue weighted by atomic mass is 9.79. The molecule has 1 aliphatic rings. The highest BCUT2D eigenvalue weighted by Gasteiger charge is 2.37. The van der Waals surface area contributed by atoms with Gasteiger partial charge in [0, 0.05) is 18.4 Å². The van der Waals surface area contributed by atoms with Gasteiger partial charge in [0.1, 0.15) is 5.76 Å². The van der Waals surface area contributed by atoms with Gasteiger partial charge in [0.25, 0.3) is 0 Å². The SMILES string of the molecule is OC1(Cc2cccc(C(F)(F)F)c2)CCCc2occc21. The Morgan fingerprint density at radius 3 is 2.81 bits per heavy atom. The first-order valence-corrected chi connectivity index (χ1v) is 6.84. The van der Waals surface area contributed by atoms with Crippen LogP contribution in [-0.2, 0) is 24.6 Å². The van der Waals surface area contributed by atoms with Crippen molar-refractivity contribution in [3.8, 4) is 0 Å². The number of rotatable bonds is 2. The minimum atomic E-state index is -4.37. The van der Waals surface area contributed by atoms with Gasteiger partial charge in [-0.2, -0.15) is 13.2 Å². The van der Waals surface area contributed by atoms with Crippen LogP contribution < -0.4 is 0 Å². The molecule has 0 aliphatic heterocycles. The van der Waals surface area contributed by atoms with Gasteiger partial charge in [-0.3, -0.25) is 0 Å². The largest absolute Gasteiger partial charge is 0.469 e. The number of aryl methyl sites for hydroxylation is 1. The molecule has 2 aromatic rings. The van der Waals surface area contributed by atoms with Crippen molar-refractivity contribution in [3.05, 3.63) is 59.0 Å². The molecule has 0 saturated carbocycles. The van der Waals surface area contributed by atoms with Crippen LogP contribution in [0.1, 0.15) is 35.3 Å². The van der Waals surface area contributed by atoms with Crippen LogP contribution in [-0.4, -0.2) is 5.11 Å². The summed E-state index contributed by atoms with van der Waals surface area (Å²) in [5.74, 6) is 0.732. The molecule has 1 atom stereocenters. The van der Waals surface area contributed by atoms with Crippen LogP contribution in [0.15, 0.2) is 41.0 Å². The van der Waals surface area contributed by atoms with Crippen molar-refractivity contribution in [1.82, 2.24) is 0 Å². The van der Waals surface area contributed by atoms with Gasteiger partial charge in [0.05, 0.1) is 17.4 Å². The molecule has 21 heavy (non-hydrogen) atoms. The summed E-state index contributed by atoms with van der Waals surface area (Å²) < 4.78 is 43.6. The van der Waals surface area contributed by atoms with Crippen LogP contribution in [0.25, 0.3) is 0 Å². The summed E-state index contributed by atoms with van der Waals surface area (Å²) >= 11 is 0. The molecule has 1 unspecified atom stereocenters. The summed E-state index contributed by atoms with van der Waals surface area (Å²) in [6, 6.07) is 6.84. The van der Waals surface area contributed by atoms with Crippen molar-refractivity contribution in [3.63, 3.8) is 0 Å². The van der Waals surface area contributed by atoms with Crippen LogP contribution in [0, 0.1) is 0 Å². The Labute approximate surface area is 120 Å². The van der Waals surface area contributed by atoms with Crippen molar-refractivity contribution >= 4 is 0 Å². The molecule has 5 heteroatoms. The van der Waals surface area contributed by atoms with Crippen LogP contribution in [0.4, 0.5) is 13.2 Å². The van der Waals surface area contributed by atoms with E-state index >= 15 is 0 Å². The normalized spacial score (nSPS) is 22.1.